The Hall–Kier alpha value is -2.59. The Bertz CT molecular complexity index is 1220. The van der Waals surface area contributed by atoms with Gasteiger partial charge in [-0.1, -0.05) is 41.0 Å². The topological polar surface area (TPSA) is 85.8 Å². The van der Waals surface area contributed by atoms with E-state index in [1.807, 2.05) is 9.95 Å². The lowest BCUT2D eigenvalue weighted by Gasteiger charge is -2.06. The van der Waals surface area contributed by atoms with Crippen LogP contribution in [0.25, 0.3) is 22.8 Å². The number of carbonyl (C=O) groups excluding carboxylic acids is 1. The lowest BCUT2D eigenvalue weighted by molar-refractivity contribution is -0.113. The summed E-state index contributed by atoms with van der Waals surface area (Å²) >= 11 is 14.8. The van der Waals surface area contributed by atoms with E-state index in [1.54, 1.807) is 42.7 Å². The van der Waals surface area contributed by atoms with Gasteiger partial charge in [0.2, 0.25) is 11.7 Å². The lowest BCUT2D eigenvalue weighted by atomic mass is 10.2. The van der Waals surface area contributed by atoms with Crippen molar-refractivity contribution in [1.29, 1.82) is 0 Å². The second-order valence-electron chi connectivity index (χ2n) is 6.18. The maximum absolute atomic E-state index is 12.4. The molecule has 0 aliphatic rings. The van der Waals surface area contributed by atoms with E-state index < -0.39 is 0 Å². The van der Waals surface area contributed by atoms with E-state index in [2.05, 4.69) is 27.1 Å². The fraction of sp³-hybridized carbons (Fsp3) is 0.100. The molecule has 1 N–H and O–H groups in total. The highest BCUT2D eigenvalue weighted by molar-refractivity contribution is 7.99. The number of nitrogens with zero attached hydrogens (tertiary/aromatic N) is 4. The van der Waals surface area contributed by atoms with Gasteiger partial charge in [-0.25, -0.2) is 4.98 Å². The minimum Gasteiger partial charge on any atom is -0.461 e. The van der Waals surface area contributed by atoms with Gasteiger partial charge in [-0.05, 0) is 30.3 Å². The predicted octanol–water partition coefficient (Wildman–Crippen LogP) is 5.89. The van der Waals surface area contributed by atoms with Crippen LogP contribution in [0.15, 0.2) is 64.2 Å². The number of carbonyl (C=O) groups is 1. The number of aromatic nitrogens is 4. The first-order valence-corrected chi connectivity index (χ1v) is 11.6. The molecule has 7 nitrogen and oxygen atoms in total. The summed E-state index contributed by atoms with van der Waals surface area (Å²) in [6.07, 6.45) is 3.31. The zero-order chi connectivity index (χ0) is 21.8. The van der Waals surface area contributed by atoms with Crippen LogP contribution in [-0.4, -0.2) is 31.4 Å². The molecule has 0 spiro atoms. The summed E-state index contributed by atoms with van der Waals surface area (Å²) in [6, 6.07) is 8.78. The zero-order valence-electron chi connectivity index (χ0n) is 15.9. The van der Waals surface area contributed by atoms with Crippen LogP contribution in [0.5, 0.6) is 0 Å². The summed E-state index contributed by atoms with van der Waals surface area (Å²) < 4.78 is 7.25. The van der Waals surface area contributed by atoms with Crippen LogP contribution in [0, 0.1) is 0 Å². The maximum atomic E-state index is 12.4. The molecule has 0 unspecified atom stereocenters. The summed E-state index contributed by atoms with van der Waals surface area (Å²) in [5.41, 5.74) is 1.42. The molecular weight excluding hydrogens is 477 g/mol. The van der Waals surface area contributed by atoms with Crippen LogP contribution in [0.2, 0.25) is 10.0 Å². The molecule has 31 heavy (non-hydrogen) atoms. The van der Waals surface area contributed by atoms with Gasteiger partial charge < -0.3 is 9.73 Å². The van der Waals surface area contributed by atoms with Crippen molar-refractivity contribution < 1.29 is 9.21 Å². The van der Waals surface area contributed by atoms with Gasteiger partial charge in [0.15, 0.2) is 16.0 Å². The molecule has 0 fully saturated rings. The largest absolute Gasteiger partial charge is 0.461 e. The van der Waals surface area contributed by atoms with Gasteiger partial charge in [0, 0.05) is 22.5 Å². The standard InChI is InChI=1S/C20H15Cl2N5O2S2/c1-2-7-27-18(16-4-3-8-29-16)25-26-20(27)31-11-17(28)24-19-23-15(10-30-19)13-6-5-12(21)9-14(13)22/h2-6,8-10H,1,7,11H2,(H,23,24,28). The van der Waals surface area contributed by atoms with Gasteiger partial charge in [-0.15, -0.1) is 28.1 Å². The molecule has 4 aromatic rings. The number of hydrogen-bond acceptors (Lipinski definition) is 7. The summed E-state index contributed by atoms with van der Waals surface area (Å²) in [6.45, 7) is 4.26. The molecule has 1 aromatic carbocycles. The minimum atomic E-state index is -0.208. The van der Waals surface area contributed by atoms with Gasteiger partial charge in [0.1, 0.15) is 0 Å². The Morgan fingerprint density at radius 3 is 2.94 bits per heavy atom. The van der Waals surface area contributed by atoms with Crippen LogP contribution >= 0.6 is 46.3 Å². The molecule has 1 amide bonds. The van der Waals surface area contributed by atoms with Crippen LogP contribution in [0.3, 0.4) is 0 Å². The number of allylic oxidation sites excluding steroid dienone is 1. The monoisotopic (exact) mass is 491 g/mol. The number of benzene rings is 1. The molecule has 158 valence electrons. The Balaban J connectivity index is 1.41. The number of furan rings is 1. The third-order valence-corrected chi connectivity index (χ3v) is 6.33. The SMILES string of the molecule is C=CCn1c(SCC(=O)Nc2nc(-c3ccc(Cl)cc3Cl)cs2)nnc1-c1ccco1. The number of hydrogen-bond donors (Lipinski definition) is 1. The zero-order valence-corrected chi connectivity index (χ0v) is 19.1. The van der Waals surface area contributed by atoms with Crippen LogP contribution in [0.4, 0.5) is 5.13 Å². The number of anilines is 1. The van der Waals surface area contributed by atoms with Crippen molar-refractivity contribution in [2.24, 2.45) is 0 Å². The predicted molar refractivity (Wildman–Crippen MR) is 125 cm³/mol. The Labute approximate surface area is 196 Å². The Morgan fingerprint density at radius 2 is 2.19 bits per heavy atom. The molecule has 0 saturated heterocycles. The van der Waals surface area contributed by atoms with Gasteiger partial charge in [-0.2, -0.15) is 0 Å². The number of halogens is 2. The third-order valence-electron chi connectivity index (χ3n) is 4.06. The molecule has 0 radical (unpaired) electrons. The van der Waals surface area contributed by atoms with E-state index in [0.29, 0.717) is 44.2 Å². The fourth-order valence-corrected chi connectivity index (χ4v) is 4.69. The molecule has 3 aromatic heterocycles. The number of nitrogens with one attached hydrogen (secondary N) is 1. The second kappa shape index (κ2) is 9.69. The third kappa shape index (κ3) is 5.01. The maximum Gasteiger partial charge on any atom is 0.236 e. The molecule has 0 aliphatic carbocycles. The van der Waals surface area contributed by atoms with Crippen molar-refractivity contribution in [3.05, 3.63) is 64.7 Å². The van der Waals surface area contributed by atoms with E-state index in [9.17, 15) is 4.79 Å². The summed E-state index contributed by atoms with van der Waals surface area (Å²) in [4.78, 5) is 16.9. The molecular formula is C20H15Cl2N5O2S2. The van der Waals surface area contributed by atoms with Gasteiger partial charge in [0.25, 0.3) is 0 Å². The number of rotatable bonds is 8. The van der Waals surface area contributed by atoms with E-state index in [1.165, 1.54) is 23.1 Å². The average Bonchev–Trinajstić information content (AvgIpc) is 3.48. The summed E-state index contributed by atoms with van der Waals surface area (Å²) in [7, 11) is 0. The van der Waals surface area contributed by atoms with Crippen LogP contribution < -0.4 is 5.32 Å². The normalized spacial score (nSPS) is 10.9. The van der Waals surface area contributed by atoms with E-state index in [-0.39, 0.29) is 11.7 Å². The minimum absolute atomic E-state index is 0.143. The van der Waals surface area contributed by atoms with Crippen molar-refractivity contribution in [2.75, 3.05) is 11.1 Å². The molecule has 0 atom stereocenters. The number of thioether (sulfide) groups is 1. The fourth-order valence-electron chi connectivity index (χ4n) is 2.71. The van der Waals surface area contributed by atoms with Crippen molar-refractivity contribution in [2.45, 2.75) is 11.7 Å². The molecule has 0 aliphatic heterocycles. The lowest BCUT2D eigenvalue weighted by Crippen LogP contribution is -2.14. The van der Waals surface area contributed by atoms with Crippen LogP contribution in [0.1, 0.15) is 0 Å². The molecule has 0 saturated carbocycles. The van der Waals surface area contributed by atoms with Crippen LogP contribution in [-0.2, 0) is 11.3 Å². The molecule has 3 heterocycles. The van der Waals surface area contributed by atoms with Crippen molar-refractivity contribution in [1.82, 2.24) is 19.7 Å². The highest BCUT2D eigenvalue weighted by Gasteiger charge is 2.17. The van der Waals surface area contributed by atoms with Gasteiger partial charge in [-0.3, -0.25) is 9.36 Å². The molecule has 0 bridgehead atoms. The Kier molecular flexibility index (Phi) is 6.77. The van der Waals surface area contributed by atoms with Gasteiger partial charge >= 0.3 is 0 Å². The summed E-state index contributed by atoms with van der Waals surface area (Å²) in [5.74, 6) is 1.11. The first-order valence-electron chi connectivity index (χ1n) is 8.96. The quantitative estimate of drug-likeness (QED) is 0.244. The smallest absolute Gasteiger partial charge is 0.236 e. The highest BCUT2D eigenvalue weighted by Crippen LogP contribution is 2.32. The van der Waals surface area contributed by atoms with Crippen molar-refractivity contribution in [3.8, 4) is 22.8 Å². The number of thiazole rings is 1. The first-order chi connectivity index (χ1) is 15.0. The average molecular weight is 492 g/mol. The van der Waals surface area contributed by atoms with Gasteiger partial charge in [0.05, 0.1) is 22.7 Å². The summed E-state index contributed by atoms with van der Waals surface area (Å²) in [5, 5.41) is 15.1. The molecule has 4 rings (SSSR count). The number of amides is 1. The second-order valence-corrected chi connectivity index (χ2v) is 8.83. The molecule has 11 heteroatoms. The van der Waals surface area contributed by atoms with E-state index in [0.717, 1.165) is 5.56 Å². The highest BCUT2D eigenvalue weighted by atomic mass is 35.5. The van der Waals surface area contributed by atoms with E-state index in [4.69, 9.17) is 27.6 Å². The first kappa shape index (κ1) is 21.6. The van der Waals surface area contributed by atoms with Crippen molar-refractivity contribution >= 4 is 57.3 Å². The van der Waals surface area contributed by atoms with Crippen molar-refractivity contribution in [3.63, 3.8) is 0 Å². The van der Waals surface area contributed by atoms with E-state index >= 15 is 0 Å². The Morgan fingerprint density at radius 1 is 1.32 bits per heavy atom.